The number of carbonyl (C=O) groups excluding carboxylic acids is 2. The van der Waals surface area contributed by atoms with Crippen molar-refractivity contribution in [1.82, 2.24) is 5.32 Å². The summed E-state index contributed by atoms with van der Waals surface area (Å²) in [5, 5.41) is 5.11. The van der Waals surface area contributed by atoms with E-state index in [9.17, 15) is 9.59 Å². The fraction of sp³-hybridized carbons (Fsp3) is 0.500. The molecule has 0 radical (unpaired) electrons. The van der Waals surface area contributed by atoms with E-state index in [0.29, 0.717) is 31.0 Å². The minimum atomic E-state index is -0.714. The average Bonchev–Trinajstić information content (AvgIpc) is 2.46. The maximum Gasteiger partial charge on any atom is 0.313 e. The molecule has 0 bridgehead atoms. The molecule has 0 aliphatic rings. The molecular weight excluding hydrogens is 284 g/mol. The summed E-state index contributed by atoms with van der Waals surface area (Å²) in [6.07, 6.45) is 0.818. The molecule has 0 saturated carbocycles. The Morgan fingerprint density at radius 2 is 1.95 bits per heavy atom. The van der Waals surface area contributed by atoms with Crippen molar-refractivity contribution < 1.29 is 19.1 Å². The zero-order chi connectivity index (χ0) is 16.5. The first-order valence-corrected chi connectivity index (χ1v) is 7.29. The van der Waals surface area contributed by atoms with Crippen LogP contribution >= 0.6 is 0 Å². The molecule has 0 heterocycles. The largest absolute Gasteiger partial charge is 0.495 e. The van der Waals surface area contributed by atoms with E-state index >= 15 is 0 Å². The highest BCUT2D eigenvalue weighted by molar-refractivity contribution is 6.39. The second kappa shape index (κ2) is 9.04. The number of anilines is 1. The molecule has 6 heteroatoms. The Morgan fingerprint density at radius 3 is 2.59 bits per heavy atom. The summed E-state index contributed by atoms with van der Waals surface area (Å²) < 4.78 is 10.5. The Morgan fingerprint density at radius 1 is 1.23 bits per heavy atom. The van der Waals surface area contributed by atoms with Gasteiger partial charge in [-0.3, -0.25) is 9.59 Å². The van der Waals surface area contributed by atoms with Crippen LogP contribution in [0.1, 0.15) is 25.8 Å². The van der Waals surface area contributed by atoms with Crippen LogP contribution in [-0.2, 0) is 14.3 Å². The zero-order valence-corrected chi connectivity index (χ0v) is 13.6. The molecular formula is C16H24N2O4. The van der Waals surface area contributed by atoms with Crippen LogP contribution in [0.5, 0.6) is 5.75 Å². The van der Waals surface area contributed by atoms with Gasteiger partial charge in [-0.2, -0.15) is 0 Å². The average molecular weight is 308 g/mol. The van der Waals surface area contributed by atoms with Gasteiger partial charge in [-0.1, -0.05) is 6.07 Å². The lowest BCUT2D eigenvalue weighted by Gasteiger charge is -2.11. The fourth-order valence-electron chi connectivity index (χ4n) is 1.77. The molecule has 0 atom stereocenters. The Kier molecular flexibility index (Phi) is 7.39. The maximum atomic E-state index is 11.9. The lowest BCUT2D eigenvalue weighted by Crippen LogP contribution is -2.36. The van der Waals surface area contributed by atoms with Crippen LogP contribution in [0, 0.1) is 6.92 Å². The molecule has 0 saturated heterocycles. The van der Waals surface area contributed by atoms with Crippen molar-refractivity contribution >= 4 is 17.5 Å². The number of nitrogens with one attached hydrogen (secondary N) is 2. The van der Waals surface area contributed by atoms with E-state index in [1.807, 2.05) is 26.8 Å². The van der Waals surface area contributed by atoms with Gasteiger partial charge in [0.2, 0.25) is 0 Å². The van der Waals surface area contributed by atoms with Gasteiger partial charge in [0.15, 0.2) is 0 Å². The topological polar surface area (TPSA) is 76.7 Å². The Bertz CT molecular complexity index is 515. The number of ether oxygens (including phenoxy) is 2. The molecule has 0 unspecified atom stereocenters. The molecule has 122 valence electrons. The van der Waals surface area contributed by atoms with Crippen LogP contribution in [0.15, 0.2) is 18.2 Å². The minimum absolute atomic E-state index is 0.160. The Labute approximate surface area is 131 Å². The molecule has 6 nitrogen and oxygen atoms in total. The van der Waals surface area contributed by atoms with E-state index in [0.717, 1.165) is 5.56 Å². The number of aryl methyl sites for hydroxylation is 1. The lowest BCUT2D eigenvalue weighted by molar-refractivity contribution is -0.136. The highest BCUT2D eigenvalue weighted by Crippen LogP contribution is 2.24. The van der Waals surface area contributed by atoms with E-state index in [1.54, 1.807) is 12.1 Å². The molecule has 22 heavy (non-hydrogen) atoms. The number of methoxy groups -OCH3 is 1. The predicted octanol–water partition coefficient (Wildman–Crippen LogP) is 1.87. The van der Waals surface area contributed by atoms with Crippen molar-refractivity contribution in [1.29, 1.82) is 0 Å². The van der Waals surface area contributed by atoms with Crippen molar-refractivity contribution in [3.63, 3.8) is 0 Å². The highest BCUT2D eigenvalue weighted by Gasteiger charge is 2.15. The highest BCUT2D eigenvalue weighted by atomic mass is 16.5. The summed E-state index contributed by atoms with van der Waals surface area (Å²) in [6.45, 7) is 6.72. The smallest absolute Gasteiger partial charge is 0.313 e. The van der Waals surface area contributed by atoms with Gasteiger partial charge in [0, 0.05) is 13.2 Å². The molecule has 2 N–H and O–H groups in total. The van der Waals surface area contributed by atoms with Crippen LogP contribution < -0.4 is 15.4 Å². The minimum Gasteiger partial charge on any atom is -0.495 e. The van der Waals surface area contributed by atoms with Crippen molar-refractivity contribution in [2.24, 2.45) is 0 Å². The van der Waals surface area contributed by atoms with Crippen LogP contribution in [-0.4, -0.2) is 38.2 Å². The van der Waals surface area contributed by atoms with Crippen molar-refractivity contribution in [2.45, 2.75) is 33.3 Å². The molecule has 1 aromatic carbocycles. The summed E-state index contributed by atoms with van der Waals surface area (Å²) in [5.41, 5.74) is 1.44. The predicted molar refractivity (Wildman–Crippen MR) is 85.1 cm³/mol. The fourth-order valence-corrected chi connectivity index (χ4v) is 1.77. The summed E-state index contributed by atoms with van der Waals surface area (Å²) in [6, 6.07) is 5.36. The second-order valence-electron chi connectivity index (χ2n) is 5.19. The third-order valence-electron chi connectivity index (χ3n) is 2.87. The first kappa shape index (κ1) is 18.0. The van der Waals surface area contributed by atoms with Gasteiger partial charge in [-0.15, -0.1) is 0 Å². The number of carbonyl (C=O) groups is 2. The van der Waals surface area contributed by atoms with Gasteiger partial charge >= 0.3 is 11.8 Å². The number of benzene rings is 1. The number of amides is 2. The summed E-state index contributed by atoms with van der Waals surface area (Å²) >= 11 is 0. The quantitative estimate of drug-likeness (QED) is 0.595. The second-order valence-corrected chi connectivity index (χ2v) is 5.19. The van der Waals surface area contributed by atoms with E-state index in [1.165, 1.54) is 7.11 Å². The first-order chi connectivity index (χ1) is 10.4. The van der Waals surface area contributed by atoms with Crippen molar-refractivity contribution in [3.8, 4) is 5.75 Å². The zero-order valence-electron chi connectivity index (χ0n) is 13.6. The number of hydrogen-bond acceptors (Lipinski definition) is 4. The van der Waals surface area contributed by atoms with Crippen LogP contribution in [0.25, 0.3) is 0 Å². The maximum absolute atomic E-state index is 11.9. The van der Waals surface area contributed by atoms with E-state index in [-0.39, 0.29) is 6.10 Å². The van der Waals surface area contributed by atoms with Gasteiger partial charge < -0.3 is 20.1 Å². The monoisotopic (exact) mass is 308 g/mol. The van der Waals surface area contributed by atoms with E-state index in [4.69, 9.17) is 9.47 Å². The van der Waals surface area contributed by atoms with Gasteiger partial charge in [0.05, 0.1) is 18.9 Å². The molecule has 0 aliphatic heterocycles. The molecule has 0 spiro atoms. The SMILES string of the molecule is COc1ccc(C)cc1NC(=O)C(=O)NCCCOC(C)C. The van der Waals surface area contributed by atoms with E-state index in [2.05, 4.69) is 10.6 Å². The Balaban J connectivity index is 2.44. The number of hydrogen-bond donors (Lipinski definition) is 2. The molecule has 0 fully saturated rings. The molecule has 1 rings (SSSR count). The van der Waals surface area contributed by atoms with Gasteiger partial charge in [-0.05, 0) is 44.9 Å². The van der Waals surface area contributed by atoms with Gasteiger partial charge in [-0.25, -0.2) is 0 Å². The molecule has 1 aromatic rings. The van der Waals surface area contributed by atoms with Crippen LogP contribution in [0.3, 0.4) is 0 Å². The molecule has 0 aromatic heterocycles. The van der Waals surface area contributed by atoms with Crippen LogP contribution in [0.4, 0.5) is 5.69 Å². The third-order valence-corrected chi connectivity index (χ3v) is 2.87. The van der Waals surface area contributed by atoms with Gasteiger partial charge in [0.25, 0.3) is 0 Å². The lowest BCUT2D eigenvalue weighted by atomic mass is 10.2. The normalized spacial score (nSPS) is 10.4. The molecule has 2 amide bonds. The summed E-state index contributed by atoms with van der Waals surface area (Å²) in [4.78, 5) is 23.6. The Hall–Kier alpha value is -2.08. The first-order valence-electron chi connectivity index (χ1n) is 7.29. The number of rotatable bonds is 7. The van der Waals surface area contributed by atoms with Crippen molar-refractivity contribution in [3.05, 3.63) is 23.8 Å². The molecule has 0 aliphatic carbocycles. The standard InChI is InChI=1S/C16H24N2O4/c1-11(2)22-9-5-8-17-15(19)16(20)18-13-10-12(3)6-7-14(13)21-4/h6-7,10-11H,5,8-9H2,1-4H3,(H,17,19)(H,18,20). The van der Waals surface area contributed by atoms with Crippen molar-refractivity contribution in [2.75, 3.05) is 25.6 Å². The summed E-state index contributed by atoms with van der Waals surface area (Å²) in [7, 11) is 1.51. The van der Waals surface area contributed by atoms with Crippen LogP contribution in [0.2, 0.25) is 0 Å². The van der Waals surface area contributed by atoms with E-state index < -0.39 is 11.8 Å². The summed E-state index contributed by atoms with van der Waals surface area (Å²) in [5.74, 6) is -0.876. The van der Waals surface area contributed by atoms with Gasteiger partial charge in [0.1, 0.15) is 5.75 Å². The third kappa shape index (κ3) is 6.13.